The Morgan fingerprint density at radius 3 is 2.14 bits per heavy atom. The monoisotopic (exact) mass is 306 g/mol. The lowest BCUT2D eigenvalue weighted by atomic mass is 9.75. The Kier molecular flexibility index (Phi) is 4.40. The molecule has 1 aliphatic heterocycles. The molecule has 120 valence electrons. The average molecular weight is 306 g/mol. The summed E-state index contributed by atoms with van der Waals surface area (Å²) in [7, 11) is 2.62. The summed E-state index contributed by atoms with van der Waals surface area (Å²) >= 11 is 0. The van der Waals surface area contributed by atoms with Crippen LogP contribution in [0.15, 0.2) is 17.2 Å². The van der Waals surface area contributed by atoms with Crippen LogP contribution in [0.5, 0.6) is 11.5 Å². The third kappa shape index (κ3) is 2.78. The molecule has 0 radical (unpaired) electrons. The van der Waals surface area contributed by atoms with Crippen molar-refractivity contribution < 1.29 is 18.8 Å². The summed E-state index contributed by atoms with van der Waals surface area (Å²) in [6.45, 7) is 8.00. The van der Waals surface area contributed by atoms with E-state index in [-0.39, 0.29) is 0 Å². The Bertz CT molecular complexity index is 571. The molecule has 0 bridgehead atoms. The quantitative estimate of drug-likeness (QED) is 0.393. The maximum Gasteiger partial charge on any atom is 0.495 e. The van der Waals surface area contributed by atoms with Crippen LogP contribution < -0.4 is 20.8 Å². The maximum atomic E-state index is 6.10. The highest BCUT2D eigenvalue weighted by Gasteiger charge is 2.52. The zero-order chi connectivity index (χ0) is 16.5. The minimum atomic E-state index is -0.554. The molecule has 0 spiro atoms. The lowest BCUT2D eigenvalue weighted by Gasteiger charge is -2.32. The van der Waals surface area contributed by atoms with Crippen LogP contribution in [-0.2, 0) is 9.31 Å². The van der Waals surface area contributed by atoms with Crippen molar-refractivity contribution in [2.45, 2.75) is 38.9 Å². The van der Waals surface area contributed by atoms with E-state index in [0.717, 1.165) is 5.46 Å². The lowest BCUT2D eigenvalue weighted by Crippen LogP contribution is -2.41. The Morgan fingerprint density at radius 1 is 1.09 bits per heavy atom. The van der Waals surface area contributed by atoms with Crippen LogP contribution in [0.2, 0.25) is 0 Å². The van der Waals surface area contributed by atoms with Crippen molar-refractivity contribution >= 4 is 18.8 Å². The Hall–Kier alpha value is -1.73. The third-order valence-corrected chi connectivity index (χ3v) is 4.31. The molecule has 0 amide bonds. The number of ether oxygens (including phenoxy) is 2. The van der Waals surface area contributed by atoms with E-state index in [9.17, 15) is 0 Å². The van der Waals surface area contributed by atoms with E-state index < -0.39 is 18.3 Å². The fraction of sp³-hybridized carbons (Fsp3) is 0.533. The standard InChI is InChI=1S/C15H23BN2O4/c1-14(2)15(3,4)22-16(21-14)12-7-10(19-5)8-13(20-6)11(12)9-18-17/h7-9H,17H2,1-6H3. The highest BCUT2D eigenvalue weighted by Crippen LogP contribution is 2.37. The van der Waals surface area contributed by atoms with Crippen molar-refractivity contribution in [1.29, 1.82) is 0 Å². The molecule has 0 atom stereocenters. The van der Waals surface area contributed by atoms with Crippen molar-refractivity contribution in [1.82, 2.24) is 0 Å². The van der Waals surface area contributed by atoms with Gasteiger partial charge >= 0.3 is 7.12 Å². The maximum absolute atomic E-state index is 6.10. The van der Waals surface area contributed by atoms with Gasteiger partial charge in [-0.1, -0.05) is 0 Å². The predicted molar refractivity (Wildman–Crippen MR) is 87.0 cm³/mol. The summed E-state index contributed by atoms with van der Waals surface area (Å²) in [5.74, 6) is 6.57. The molecule has 7 heteroatoms. The molecule has 1 aliphatic rings. The summed E-state index contributed by atoms with van der Waals surface area (Å²) < 4.78 is 22.9. The smallest absolute Gasteiger partial charge is 0.495 e. The zero-order valence-electron chi connectivity index (χ0n) is 14.0. The minimum Gasteiger partial charge on any atom is -0.497 e. The second-order valence-electron chi connectivity index (χ2n) is 6.20. The molecule has 6 nitrogen and oxygen atoms in total. The Labute approximate surface area is 131 Å². The largest absolute Gasteiger partial charge is 0.497 e. The minimum absolute atomic E-state index is 0.439. The molecule has 2 rings (SSSR count). The van der Waals surface area contributed by atoms with Gasteiger partial charge in [-0.05, 0) is 39.2 Å². The first-order valence-corrected chi connectivity index (χ1v) is 7.10. The number of methoxy groups -OCH3 is 2. The number of hydrogen-bond acceptors (Lipinski definition) is 6. The van der Waals surface area contributed by atoms with Gasteiger partial charge in [0, 0.05) is 11.6 Å². The zero-order valence-corrected chi connectivity index (χ0v) is 14.0. The summed E-state index contributed by atoms with van der Waals surface area (Å²) in [5.41, 5.74) is 0.601. The van der Waals surface area contributed by atoms with Gasteiger partial charge in [-0.25, -0.2) is 0 Å². The number of nitrogens with two attached hydrogens (primary N) is 1. The summed E-state index contributed by atoms with van der Waals surface area (Å²) in [6, 6.07) is 3.62. The van der Waals surface area contributed by atoms with E-state index in [1.165, 1.54) is 6.21 Å². The predicted octanol–water partition coefficient (Wildman–Crippen LogP) is 1.30. The highest BCUT2D eigenvalue weighted by atomic mass is 16.7. The van der Waals surface area contributed by atoms with Gasteiger partial charge in [0.05, 0.1) is 31.6 Å². The summed E-state index contributed by atoms with van der Waals surface area (Å²) in [6.07, 6.45) is 1.53. The normalized spacial score (nSPS) is 19.6. The van der Waals surface area contributed by atoms with E-state index in [4.69, 9.17) is 24.6 Å². The fourth-order valence-electron chi connectivity index (χ4n) is 2.29. The molecule has 22 heavy (non-hydrogen) atoms. The van der Waals surface area contributed by atoms with E-state index in [1.54, 1.807) is 20.3 Å². The van der Waals surface area contributed by atoms with Crippen molar-refractivity contribution in [2.24, 2.45) is 10.9 Å². The van der Waals surface area contributed by atoms with Crippen LogP contribution >= 0.6 is 0 Å². The SMILES string of the molecule is COc1cc(OC)c(C=NN)c(B2OC(C)(C)C(C)(C)O2)c1. The van der Waals surface area contributed by atoms with Gasteiger partial charge < -0.3 is 24.6 Å². The molecule has 1 fully saturated rings. The fourth-order valence-corrected chi connectivity index (χ4v) is 2.29. The number of benzene rings is 1. The summed E-state index contributed by atoms with van der Waals surface area (Å²) in [5, 5.41) is 3.62. The molecule has 0 aliphatic carbocycles. The first-order valence-electron chi connectivity index (χ1n) is 7.10. The van der Waals surface area contributed by atoms with Crippen LogP contribution in [0, 0.1) is 0 Å². The Morgan fingerprint density at radius 2 is 1.68 bits per heavy atom. The molecule has 0 aromatic heterocycles. The van der Waals surface area contributed by atoms with Gasteiger partial charge in [0.1, 0.15) is 11.5 Å². The number of rotatable bonds is 4. The number of nitrogens with zero attached hydrogens (tertiary/aromatic N) is 1. The van der Waals surface area contributed by atoms with E-state index >= 15 is 0 Å². The first-order chi connectivity index (χ1) is 10.3. The molecular weight excluding hydrogens is 283 g/mol. The highest BCUT2D eigenvalue weighted by molar-refractivity contribution is 6.63. The van der Waals surface area contributed by atoms with Gasteiger partial charge in [0.2, 0.25) is 0 Å². The molecule has 0 saturated carbocycles. The van der Waals surface area contributed by atoms with Crippen molar-refractivity contribution in [3.8, 4) is 11.5 Å². The van der Waals surface area contributed by atoms with Gasteiger partial charge in [-0.3, -0.25) is 0 Å². The molecule has 1 aromatic rings. The average Bonchev–Trinajstić information content (AvgIpc) is 2.67. The van der Waals surface area contributed by atoms with Gasteiger partial charge in [0.25, 0.3) is 0 Å². The summed E-state index contributed by atoms with van der Waals surface area (Å²) in [4.78, 5) is 0. The van der Waals surface area contributed by atoms with Crippen molar-refractivity contribution in [2.75, 3.05) is 14.2 Å². The van der Waals surface area contributed by atoms with Crippen LogP contribution in [0.1, 0.15) is 33.3 Å². The van der Waals surface area contributed by atoms with Gasteiger partial charge in [0.15, 0.2) is 0 Å². The second-order valence-corrected chi connectivity index (χ2v) is 6.20. The third-order valence-electron chi connectivity index (χ3n) is 4.31. The Balaban J connectivity index is 2.54. The number of hydrazone groups is 1. The molecule has 1 heterocycles. The van der Waals surface area contributed by atoms with E-state index in [1.807, 2.05) is 33.8 Å². The van der Waals surface area contributed by atoms with Crippen molar-refractivity contribution in [3.63, 3.8) is 0 Å². The molecule has 0 unspecified atom stereocenters. The van der Waals surface area contributed by atoms with Crippen molar-refractivity contribution in [3.05, 3.63) is 17.7 Å². The molecule has 1 saturated heterocycles. The van der Waals surface area contributed by atoms with Crippen LogP contribution in [0.25, 0.3) is 0 Å². The lowest BCUT2D eigenvalue weighted by molar-refractivity contribution is 0.00578. The molecule has 2 N–H and O–H groups in total. The first kappa shape index (κ1) is 16.6. The molecule has 1 aromatic carbocycles. The number of hydrogen-bond donors (Lipinski definition) is 1. The van der Waals surface area contributed by atoms with Gasteiger partial charge in [-0.2, -0.15) is 5.10 Å². The van der Waals surface area contributed by atoms with Crippen LogP contribution in [-0.4, -0.2) is 38.8 Å². The van der Waals surface area contributed by atoms with E-state index in [0.29, 0.717) is 17.1 Å². The molecular formula is C15H23BN2O4. The van der Waals surface area contributed by atoms with E-state index in [2.05, 4.69) is 5.10 Å². The van der Waals surface area contributed by atoms with Crippen LogP contribution in [0.3, 0.4) is 0 Å². The topological polar surface area (TPSA) is 75.3 Å². The second kappa shape index (κ2) is 5.81. The van der Waals surface area contributed by atoms with Crippen LogP contribution in [0.4, 0.5) is 0 Å². The van der Waals surface area contributed by atoms with Gasteiger partial charge in [-0.15, -0.1) is 0 Å².